The Kier molecular flexibility index (Phi) is 6.69. The predicted molar refractivity (Wildman–Crippen MR) is 140 cm³/mol. The first-order valence-corrected chi connectivity index (χ1v) is 12.1. The molecular weight excluding hydrogens is 490 g/mol. The Balaban J connectivity index is 1.33. The van der Waals surface area contributed by atoms with Crippen LogP contribution in [0.5, 0.6) is 0 Å². The smallest absolute Gasteiger partial charge is 0.160 e. The van der Waals surface area contributed by atoms with E-state index in [2.05, 4.69) is 107 Å². The Bertz CT molecular complexity index is 1170. The topological polar surface area (TPSA) is 83.2 Å². The first-order chi connectivity index (χ1) is 16.7. The van der Waals surface area contributed by atoms with Crippen LogP contribution in [0.15, 0.2) is 89.8 Å². The number of hydrogen-bond donors (Lipinski definition) is 2. The number of aromatic nitrogens is 3. The van der Waals surface area contributed by atoms with Crippen molar-refractivity contribution in [2.24, 2.45) is 0 Å². The fourth-order valence-electron chi connectivity index (χ4n) is 4.39. The van der Waals surface area contributed by atoms with Crippen molar-refractivity contribution >= 4 is 39.1 Å². The number of anilines is 4. The minimum absolute atomic E-state index is 0.216. The number of benzene rings is 2. The van der Waals surface area contributed by atoms with Crippen molar-refractivity contribution in [1.82, 2.24) is 19.9 Å². The number of nitrogens with zero attached hydrogens (tertiary/aromatic N) is 5. The van der Waals surface area contributed by atoms with Gasteiger partial charge in [-0.3, -0.25) is 4.90 Å². The molecule has 1 saturated heterocycles. The van der Waals surface area contributed by atoms with Crippen LogP contribution in [0.2, 0.25) is 0 Å². The van der Waals surface area contributed by atoms with Crippen molar-refractivity contribution < 1.29 is 0 Å². The van der Waals surface area contributed by atoms with Gasteiger partial charge >= 0.3 is 0 Å². The summed E-state index contributed by atoms with van der Waals surface area (Å²) >= 11 is 3.40. The normalized spacial score (nSPS) is 14.4. The molecule has 1 aliphatic rings. The number of nitrogen functional groups attached to an aromatic ring is 1. The molecule has 7 nitrogen and oxygen atoms in total. The molecule has 2 aromatic carbocycles. The molecule has 8 heteroatoms. The number of nitrogens with one attached hydrogen (secondary N) is 1. The van der Waals surface area contributed by atoms with Gasteiger partial charge in [0, 0.05) is 36.8 Å². The molecular formula is C26H26BrN7. The van der Waals surface area contributed by atoms with Gasteiger partial charge in [-0.15, -0.1) is 0 Å². The van der Waals surface area contributed by atoms with E-state index in [1.807, 2.05) is 12.1 Å². The lowest BCUT2D eigenvalue weighted by Crippen LogP contribution is -2.48. The molecule has 1 fully saturated rings. The summed E-state index contributed by atoms with van der Waals surface area (Å²) in [5.41, 5.74) is 9.63. The first-order valence-electron chi connectivity index (χ1n) is 11.3. The lowest BCUT2D eigenvalue weighted by molar-refractivity contribution is 0.212. The van der Waals surface area contributed by atoms with E-state index in [1.165, 1.54) is 11.1 Å². The molecule has 34 heavy (non-hydrogen) atoms. The van der Waals surface area contributed by atoms with E-state index in [4.69, 9.17) is 5.73 Å². The summed E-state index contributed by atoms with van der Waals surface area (Å²) in [5, 5.41) is 3.20. The third kappa shape index (κ3) is 4.88. The fourth-order valence-corrected chi connectivity index (χ4v) is 4.62. The average molecular weight is 516 g/mol. The van der Waals surface area contributed by atoms with Crippen LogP contribution in [-0.4, -0.2) is 46.0 Å². The van der Waals surface area contributed by atoms with Gasteiger partial charge in [0.25, 0.3) is 0 Å². The van der Waals surface area contributed by atoms with E-state index in [0.717, 1.165) is 36.5 Å². The van der Waals surface area contributed by atoms with Crippen LogP contribution >= 0.6 is 15.9 Å². The molecule has 4 aromatic rings. The number of piperazine rings is 1. The van der Waals surface area contributed by atoms with Gasteiger partial charge in [0.05, 0.1) is 6.04 Å². The Morgan fingerprint density at radius 2 is 1.44 bits per heavy atom. The molecule has 0 unspecified atom stereocenters. The van der Waals surface area contributed by atoms with Crippen LogP contribution in [0.1, 0.15) is 17.2 Å². The van der Waals surface area contributed by atoms with E-state index in [1.54, 1.807) is 12.5 Å². The zero-order valence-electron chi connectivity index (χ0n) is 18.7. The van der Waals surface area contributed by atoms with Crippen LogP contribution in [0.4, 0.5) is 23.1 Å². The van der Waals surface area contributed by atoms with Gasteiger partial charge in [-0.05, 0) is 39.2 Å². The summed E-state index contributed by atoms with van der Waals surface area (Å²) in [4.78, 5) is 18.0. The van der Waals surface area contributed by atoms with Crippen molar-refractivity contribution in [3.05, 3.63) is 101 Å². The monoisotopic (exact) mass is 515 g/mol. The second kappa shape index (κ2) is 10.2. The van der Waals surface area contributed by atoms with E-state index < -0.39 is 0 Å². The molecule has 5 rings (SSSR count). The maximum Gasteiger partial charge on any atom is 0.160 e. The SMILES string of the molecule is Nc1c(Nc2ccc(Br)cn2)ncnc1N1CCN(C(c2ccccc2)c2ccccc2)CC1. The number of halogens is 1. The van der Waals surface area contributed by atoms with Gasteiger partial charge < -0.3 is 16.0 Å². The Morgan fingerprint density at radius 3 is 2.03 bits per heavy atom. The summed E-state index contributed by atoms with van der Waals surface area (Å²) < 4.78 is 0.913. The number of hydrogen-bond acceptors (Lipinski definition) is 7. The second-order valence-electron chi connectivity index (χ2n) is 8.19. The second-order valence-corrected chi connectivity index (χ2v) is 9.11. The maximum absolute atomic E-state index is 6.49. The minimum Gasteiger partial charge on any atom is -0.393 e. The highest BCUT2D eigenvalue weighted by Gasteiger charge is 2.28. The molecule has 0 aliphatic carbocycles. The van der Waals surface area contributed by atoms with Crippen molar-refractivity contribution in [3.63, 3.8) is 0 Å². The first kappa shape index (κ1) is 22.3. The predicted octanol–water partition coefficient (Wildman–Crippen LogP) is 4.87. The molecule has 2 aromatic heterocycles. The lowest BCUT2D eigenvalue weighted by Gasteiger charge is -2.40. The summed E-state index contributed by atoms with van der Waals surface area (Å²) in [7, 11) is 0. The minimum atomic E-state index is 0.216. The van der Waals surface area contributed by atoms with E-state index in [-0.39, 0.29) is 6.04 Å². The number of nitrogens with two attached hydrogens (primary N) is 1. The summed E-state index contributed by atoms with van der Waals surface area (Å²) in [6.45, 7) is 3.45. The van der Waals surface area contributed by atoms with Gasteiger partial charge in [0.15, 0.2) is 11.6 Å². The average Bonchev–Trinajstić information content (AvgIpc) is 2.89. The largest absolute Gasteiger partial charge is 0.393 e. The van der Waals surface area contributed by atoms with Crippen molar-refractivity contribution in [1.29, 1.82) is 0 Å². The molecule has 0 radical (unpaired) electrons. The molecule has 172 valence electrons. The highest BCUT2D eigenvalue weighted by atomic mass is 79.9. The number of pyridine rings is 1. The Morgan fingerprint density at radius 1 is 0.794 bits per heavy atom. The Labute approximate surface area is 207 Å². The van der Waals surface area contributed by atoms with Crippen LogP contribution < -0.4 is 16.0 Å². The third-order valence-corrected chi connectivity index (χ3v) is 6.52. The van der Waals surface area contributed by atoms with E-state index >= 15 is 0 Å². The van der Waals surface area contributed by atoms with E-state index in [0.29, 0.717) is 17.3 Å². The Hall–Kier alpha value is -3.49. The third-order valence-electron chi connectivity index (χ3n) is 6.05. The molecule has 0 atom stereocenters. The highest BCUT2D eigenvalue weighted by molar-refractivity contribution is 9.10. The lowest BCUT2D eigenvalue weighted by atomic mass is 9.96. The zero-order valence-corrected chi connectivity index (χ0v) is 20.3. The van der Waals surface area contributed by atoms with Gasteiger partial charge in [0.2, 0.25) is 0 Å². The molecule has 3 heterocycles. The molecule has 3 N–H and O–H groups in total. The van der Waals surface area contributed by atoms with Crippen LogP contribution in [-0.2, 0) is 0 Å². The quantitative estimate of drug-likeness (QED) is 0.378. The summed E-state index contributed by atoms with van der Waals surface area (Å²) in [6.07, 6.45) is 3.28. The number of rotatable bonds is 6. The highest BCUT2D eigenvalue weighted by Crippen LogP contribution is 2.32. The molecule has 0 saturated carbocycles. The molecule has 0 spiro atoms. The van der Waals surface area contributed by atoms with Crippen molar-refractivity contribution in [2.45, 2.75) is 6.04 Å². The summed E-state index contributed by atoms with van der Waals surface area (Å²) in [6, 6.07) is 25.4. The zero-order chi connectivity index (χ0) is 23.3. The molecule has 0 bridgehead atoms. The van der Waals surface area contributed by atoms with Crippen molar-refractivity contribution in [2.75, 3.05) is 42.1 Å². The van der Waals surface area contributed by atoms with Gasteiger partial charge in [-0.1, -0.05) is 60.7 Å². The van der Waals surface area contributed by atoms with Gasteiger partial charge in [-0.2, -0.15) is 0 Å². The van der Waals surface area contributed by atoms with Crippen LogP contribution in [0.25, 0.3) is 0 Å². The summed E-state index contributed by atoms with van der Waals surface area (Å²) in [5.74, 6) is 2.00. The fraction of sp³-hybridized carbons (Fsp3) is 0.192. The van der Waals surface area contributed by atoms with Gasteiger partial charge in [-0.25, -0.2) is 15.0 Å². The molecule has 1 aliphatic heterocycles. The standard InChI is InChI=1S/C26H26BrN7/c27-21-11-12-22(29-17-21)32-25-23(28)26(31-18-30-25)34-15-13-33(14-16-34)24(19-7-3-1-4-8-19)20-9-5-2-6-10-20/h1-12,17-18,24H,13-16,28H2,(H,29,30,31,32). The molecule has 0 amide bonds. The van der Waals surface area contributed by atoms with E-state index in [9.17, 15) is 0 Å². The van der Waals surface area contributed by atoms with Crippen LogP contribution in [0.3, 0.4) is 0 Å². The van der Waals surface area contributed by atoms with Crippen molar-refractivity contribution in [3.8, 4) is 0 Å². The van der Waals surface area contributed by atoms with Crippen LogP contribution in [0, 0.1) is 0 Å². The van der Waals surface area contributed by atoms with Gasteiger partial charge in [0.1, 0.15) is 17.8 Å². The maximum atomic E-state index is 6.49.